The number of benzene rings is 1. The predicted octanol–water partition coefficient (Wildman–Crippen LogP) is 2.71. The standard InChI is InChI=1S/C11H14O/c1-9-5-4-7-10-6-2-3-8-12-11(9)10/h4-5,7H,2-3,6,8H2,1H3. The molecule has 0 bridgehead atoms. The summed E-state index contributed by atoms with van der Waals surface area (Å²) in [7, 11) is 0. The molecule has 0 spiro atoms. The molecule has 64 valence electrons. The van der Waals surface area contributed by atoms with E-state index in [-0.39, 0.29) is 0 Å². The topological polar surface area (TPSA) is 9.23 Å². The van der Waals surface area contributed by atoms with Gasteiger partial charge in [-0.15, -0.1) is 0 Å². The second kappa shape index (κ2) is 3.18. The lowest BCUT2D eigenvalue weighted by Crippen LogP contribution is -1.96. The van der Waals surface area contributed by atoms with Crippen molar-refractivity contribution in [2.45, 2.75) is 26.2 Å². The third-order valence-corrected chi connectivity index (χ3v) is 2.38. The van der Waals surface area contributed by atoms with Crippen LogP contribution in [0.3, 0.4) is 0 Å². The monoisotopic (exact) mass is 162 g/mol. The van der Waals surface area contributed by atoms with Crippen molar-refractivity contribution < 1.29 is 4.74 Å². The van der Waals surface area contributed by atoms with Crippen LogP contribution < -0.4 is 4.74 Å². The first-order valence-corrected chi connectivity index (χ1v) is 4.59. The summed E-state index contributed by atoms with van der Waals surface area (Å²) < 4.78 is 5.68. The van der Waals surface area contributed by atoms with Gasteiger partial charge in [0.25, 0.3) is 0 Å². The maximum Gasteiger partial charge on any atom is 0.125 e. The summed E-state index contributed by atoms with van der Waals surface area (Å²) >= 11 is 0. The van der Waals surface area contributed by atoms with E-state index in [0.717, 1.165) is 12.4 Å². The Labute approximate surface area is 73.4 Å². The molecule has 0 unspecified atom stereocenters. The molecule has 0 aliphatic carbocycles. The molecule has 1 aromatic rings. The minimum Gasteiger partial charge on any atom is -0.493 e. The highest BCUT2D eigenvalue weighted by atomic mass is 16.5. The van der Waals surface area contributed by atoms with Crippen LogP contribution in [0.2, 0.25) is 0 Å². The van der Waals surface area contributed by atoms with Gasteiger partial charge < -0.3 is 4.74 Å². The van der Waals surface area contributed by atoms with Gasteiger partial charge in [-0.05, 0) is 37.3 Å². The Kier molecular flexibility index (Phi) is 2.03. The van der Waals surface area contributed by atoms with E-state index in [2.05, 4.69) is 25.1 Å². The Morgan fingerprint density at radius 1 is 1.25 bits per heavy atom. The molecule has 0 radical (unpaired) electrons. The van der Waals surface area contributed by atoms with Crippen LogP contribution >= 0.6 is 0 Å². The predicted molar refractivity (Wildman–Crippen MR) is 49.6 cm³/mol. The quantitative estimate of drug-likeness (QED) is 0.570. The van der Waals surface area contributed by atoms with Crippen molar-refractivity contribution in [2.24, 2.45) is 0 Å². The van der Waals surface area contributed by atoms with Gasteiger partial charge in [0.05, 0.1) is 6.61 Å². The van der Waals surface area contributed by atoms with Crippen molar-refractivity contribution in [3.05, 3.63) is 29.3 Å². The fraction of sp³-hybridized carbons (Fsp3) is 0.455. The molecule has 0 N–H and O–H groups in total. The molecule has 1 heterocycles. The summed E-state index contributed by atoms with van der Waals surface area (Å²) in [6.07, 6.45) is 3.63. The van der Waals surface area contributed by atoms with Gasteiger partial charge in [0, 0.05) is 0 Å². The van der Waals surface area contributed by atoms with Gasteiger partial charge in [0.1, 0.15) is 5.75 Å². The van der Waals surface area contributed by atoms with Gasteiger partial charge in [-0.3, -0.25) is 0 Å². The third-order valence-electron chi connectivity index (χ3n) is 2.38. The van der Waals surface area contributed by atoms with Crippen LogP contribution in [0.4, 0.5) is 0 Å². The molecule has 0 aromatic heterocycles. The molecular weight excluding hydrogens is 148 g/mol. The minimum atomic E-state index is 0.887. The zero-order valence-electron chi connectivity index (χ0n) is 7.47. The Morgan fingerprint density at radius 2 is 2.17 bits per heavy atom. The smallest absolute Gasteiger partial charge is 0.125 e. The summed E-state index contributed by atoms with van der Waals surface area (Å²) in [4.78, 5) is 0. The number of aryl methyl sites for hydroxylation is 2. The first kappa shape index (κ1) is 7.66. The van der Waals surface area contributed by atoms with Crippen LogP contribution in [0.5, 0.6) is 5.75 Å². The lowest BCUT2D eigenvalue weighted by atomic mass is 10.1. The molecule has 0 saturated heterocycles. The molecule has 0 fully saturated rings. The summed E-state index contributed by atoms with van der Waals surface area (Å²) in [5.74, 6) is 1.13. The molecule has 0 atom stereocenters. The Bertz CT molecular complexity index is 278. The first-order valence-electron chi connectivity index (χ1n) is 4.59. The number of hydrogen-bond acceptors (Lipinski definition) is 1. The van der Waals surface area contributed by atoms with Crippen LogP contribution in [0.1, 0.15) is 24.0 Å². The number of fused-ring (bicyclic) bond motifs is 1. The fourth-order valence-corrected chi connectivity index (χ4v) is 1.71. The van der Waals surface area contributed by atoms with Gasteiger partial charge in [-0.1, -0.05) is 18.2 Å². The van der Waals surface area contributed by atoms with Crippen LogP contribution in [0.15, 0.2) is 18.2 Å². The van der Waals surface area contributed by atoms with Crippen molar-refractivity contribution >= 4 is 0 Å². The van der Waals surface area contributed by atoms with E-state index < -0.39 is 0 Å². The Morgan fingerprint density at radius 3 is 3.08 bits per heavy atom. The summed E-state index contributed by atoms with van der Waals surface area (Å²) in [5.41, 5.74) is 2.65. The summed E-state index contributed by atoms with van der Waals surface area (Å²) in [6, 6.07) is 6.40. The largest absolute Gasteiger partial charge is 0.493 e. The van der Waals surface area contributed by atoms with Crippen LogP contribution in [-0.2, 0) is 6.42 Å². The van der Waals surface area contributed by atoms with Crippen molar-refractivity contribution in [3.63, 3.8) is 0 Å². The molecule has 12 heavy (non-hydrogen) atoms. The van der Waals surface area contributed by atoms with Crippen LogP contribution in [0.25, 0.3) is 0 Å². The zero-order valence-corrected chi connectivity index (χ0v) is 7.47. The SMILES string of the molecule is Cc1cccc2c1OCCCC2. The maximum atomic E-state index is 5.68. The highest BCUT2D eigenvalue weighted by Gasteiger charge is 2.09. The lowest BCUT2D eigenvalue weighted by molar-refractivity contribution is 0.315. The molecule has 0 amide bonds. The molecule has 1 aliphatic heterocycles. The number of hydrogen-bond donors (Lipinski definition) is 0. The number of para-hydroxylation sites is 1. The van der Waals surface area contributed by atoms with E-state index in [9.17, 15) is 0 Å². The fourth-order valence-electron chi connectivity index (χ4n) is 1.71. The van der Waals surface area contributed by atoms with E-state index in [1.807, 2.05) is 0 Å². The maximum absolute atomic E-state index is 5.68. The molecule has 2 rings (SSSR count). The van der Waals surface area contributed by atoms with Gasteiger partial charge in [-0.2, -0.15) is 0 Å². The highest BCUT2D eigenvalue weighted by Crippen LogP contribution is 2.27. The van der Waals surface area contributed by atoms with E-state index in [0.29, 0.717) is 0 Å². The highest BCUT2D eigenvalue weighted by molar-refractivity contribution is 5.41. The van der Waals surface area contributed by atoms with Crippen molar-refractivity contribution in [1.29, 1.82) is 0 Å². The minimum absolute atomic E-state index is 0.887. The first-order chi connectivity index (χ1) is 5.88. The normalized spacial score (nSPS) is 16.1. The van der Waals surface area contributed by atoms with Gasteiger partial charge in [0.15, 0.2) is 0 Å². The van der Waals surface area contributed by atoms with Crippen molar-refractivity contribution in [1.82, 2.24) is 0 Å². The second-order valence-corrected chi connectivity index (χ2v) is 3.37. The molecule has 1 heteroatoms. The van der Waals surface area contributed by atoms with E-state index >= 15 is 0 Å². The van der Waals surface area contributed by atoms with Gasteiger partial charge >= 0.3 is 0 Å². The van der Waals surface area contributed by atoms with Gasteiger partial charge in [0.2, 0.25) is 0 Å². The lowest BCUT2D eigenvalue weighted by Gasteiger charge is -2.08. The van der Waals surface area contributed by atoms with E-state index in [1.54, 1.807) is 0 Å². The second-order valence-electron chi connectivity index (χ2n) is 3.37. The van der Waals surface area contributed by atoms with Crippen LogP contribution in [-0.4, -0.2) is 6.61 Å². The van der Waals surface area contributed by atoms with Crippen molar-refractivity contribution in [2.75, 3.05) is 6.61 Å². The molecular formula is C11H14O. The summed E-state index contributed by atoms with van der Waals surface area (Å²) in [6.45, 7) is 3.00. The van der Waals surface area contributed by atoms with E-state index in [1.165, 1.54) is 30.4 Å². The molecule has 1 nitrogen and oxygen atoms in total. The average Bonchev–Trinajstić information content (AvgIpc) is 2.30. The molecule has 0 saturated carbocycles. The average molecular weight is 162 g/mol. The Hall–Kier alpha value is -0.980. The van der Waals surface area contributed by atoms with Crippen molar-refractivity contribution in [3.8, 4) is 5.75 Å². The van der Waals surface area contributed by atoms with Gasteiger partial charge in [-0.25, -0.2) is 0 Å². The zero-order chi connectivity index (χ0) is 8.39. The Balaban J connectivity index is 2.42. The van der Waals surface area contributed by atoms with E-state index in [4.69, 9.17) is 4.74 Å². The summed E-state index contributed by atoms with van der Waals surface area (Å²) in [5, 5.41) is 0. The third kappa shape index (κ3) is 1.31. The number of ether oxygens (including phenoxy) is 1. The molecule has 1 aliphatic rings. The number of rotatable bonds is 0. The van der Waals surface area contributed by atoms with Crippen LogP contribution in [0, 0.1) is 6.92 Å². The molecule has 1 aromatic carbocycles.